The minimum absolute atomic E-state index is 0.0214. The van der Waals surface area contributed by atoms with Crippen molar-refractivity contribution < 1.29 is 85.6 Å². The van der Waals surface area contributed by atoms with Crippen LogP contribution >= 0.6 is 35.2 Å². The Morgan fingerprint density at radius 3 is 2.29 bits per heavy atom. The molecule has 25 nitrogen and oxygen atoms in total. The highest BCUT2D eigenvalue weighted by Crippen LogP contribution is 2.56. The third-order valence-electron chi connectivity index (χ3n) is 11.0. The summed E-state index contributed by atoms with van der Waals surface area (Å²) in [7, 11) is -17.6. The quantitative estimate of drug-likeness (QED) is 0.0322. The predicted molar refractivity (Wildman–Crippen MR) is 248 cm³/mol. The molecule has 2 unspecified atom stereocenters. The number of anilines is 1. The molecule has 2 aromatic rings. The Hall–Kier alpha value is -2.74. The molecule has 400 valence electrons. The van der Waals surface area contributed by atoms with E-state index in [0.717, 1.165) is 99.6 Å². The zero-order valence-corrected chi connectivity index (χ0v) is 43.2. The number of phosphoric acid groups is 3. The van der Waals surface area contributed by atoms with Gasteiger partial charge in [0.25, 0.3) is 15.6 Å². The maximum atomic E-state index is 12.7. The minimum atomic E-state index is -5.92. The number of aliphatic hydroxyl groups excluding tert-OH is 3. The summed E-state index contributed by atoms with van der Waals surface area (Å²) in [5.74, 6) is -1.17. The Morgan fingerprint density at radius 2 is 1.59 bits per heavy atom. The number of nitrogen functional groups attached to an aromatic ring is 1. The number of unbranched alkanes of at least 4 members (excludes halogenated alkanes) is 10. The van der Waals surface area contributed by atoms with Crippen LogP contribution in [-0.2, 0) is 50.7 Å². The van der Waals surface area contributed by atoms with Crippen LogP contribution in [0.2, 0.25) is 0 Å². The molecule has 0 aromatic carbocycles. The van der Waals surface area contributed by atoms with Crippen molar-refractivity contribution in [3.8, 4) is 0 Å². The number of aromatic nitrogens is 4. The Morgan fingerprint density at radius 1 is 0.914 bits per heavy atom. The highest BCUT2D eigenvalue weighted by Gasteiger charge is 2.47. The topological polar surface area (TPSA) is 395 Å². The van der Waals surface area contributed by atoms with Gasteiger partial charge in [-0.25, -0.2) is 19.3 Å². The zero-order valence-electron chi connectivity index (χ0n) is 39.7. The molecular weight excluding hydrogens is 1000 g/mol. The molecule has 0 aliphatic carbocycles. The number of nitrogens with one attached hydrogen (secondary N) is 2. The van der Waals surface area contributed by atoms with Gasteiger partial charge in [0.15, 0.2) is 22.8 Å². The number of hydrogen-bond acceptors (Lipinski definition) is 23. The summed E-state index contributed by atoms with van der Waals surface area (Å²) in [6, 6.07) is 0. The fourth-order valence-electron chi connectivity index (χ4n) is 7.06. The van der Waals surface area contributed by atoms with Crippen molar-refractivity contribution in [3.05, 3.63) is 24.8 Å². The van der Waals surface area contributed by atoms with Gasteiger partial charge in [-0.3, -0.25) is 28.1 Å². The third-order valence-corrected chi connectivity index (χ3v) is 14.9. The van der Waals surface area contributed by atoms with Gasteiger partial charge >= 0.3 is 0 Å². The first kappa shape index (κ1) is 61.6. The van der Waals surface area contributed by atoms with Crippen LogP contribution in [0.1, 0.15) is 130 Å². The Balaban J connectivity index is 1.27. The van der Waals surface area contributed by atoms with Crippen molar-refractivity contribution in [2.45, 2.75) is 160 Å². The van der Waals surface area contributed by atoms with Crippen molar-refractivity contribution in [1.29, 1.82) is 0 Å². The number of ether oxygens (including phenoxy) is 1. The number of carbonyl (C=O) groups is 3. The van der Waals surface area contributed by atoms with E-state index in [1.807, 2.05) is 0 Å². The summed E-state index contributed by atoms with van der Waals surface area (Å²) in [5, 5.41) is 36.5. The molecule has 0 spiro atoms. The zero-order chi connectivity index (χ0) is 52.0. The van der Waals surface area contributed by atoms with E-state index in [9.17, 15) is 63.0 Å². The lowest BCUT2D eigenvalue weighted by Crippen LogP contribution is -2.46. The molecule has 1 saturated heterocycles. The fraction of sp³-hybridized carbons (Fsp3) is 0.756. The van der Waals surface area contributed by atoms with Crippen LogP contribution in [0.4, 0.5) is 5.82 Å². The van der Waals surface area contributed by atoms with Crippen LogP contribution < -0.4 is 35.9 Å². The van der Waals surface area contributed by atoms with Crippen molar-refractivity contribution in [3.63, 3.8) is 0 Å². The average Bonchev–Trinajstić information content (AvgIpc) is 3.85. The molecule has 1 fully saturated rings. The van der Waals surface area contributed by atoms with E-state index in [1.165, 1.54) is 33.1 Å². The Labute approximate surface area is 411 Å². The largest absolute Gasteiger partial charge is 0.790 e. The van der Waals surface area contributed by atoms with Crippen molar-refractivity contribution in [1.82, 2.24) is 30.2 Å². The maximum Gasteiger partial charge on any atom is 0.274 e. The number of nitrogens with zero attached hydrogens (tertiary/aromatic N) is 4. The fourth-order valence-corrected chi connectivity index (χ4v) is 10.5. The summed E-state index contributed by atoms with van der Waals surface area (Å²) >= 11 is 1.12. The molecule has 1 aliphatic rings. The highest BCUT2D eigenvalue weighted by atomic mass is 32.2. The van der Waals surface area contributed by atoms with Gasteiger partial charge in [0.1, 0.15) is 36.3 Å². The van der Waals surface area contributed by atoms with Gasteiger partial charge in [-0.1, -0.05) is 102 Å². The van der Waals surface area contributed by atoms with Crippen molar-refractivity contribution in [2.75, 3.05) is 37.8 Å². The number of aliphatic hydroxyl groups is 3. The van der Waals surface area contributed by atoms with Crippen LogP contribution in [0.3, 0.4) is 0 Å². The average molecular weight is 1070 g/mol. The SMILES string of the molecule is CCCCCC[C@@H](O)C/C=C\CCCCCCCCCC(=O)SCCNC(=O)CCNC(=O)[C@H](O)C(C)(C)COP(=O)([O-])OP(=O)([O-])OC[C@H]1O[C@@H](n2cnc3c(N)ncnc32)[C@H](O)[C@@H]1OP(=O)([O-])[O-]. The van der Waals surface area contributed by atoms with Gasteiger partial charge in [0, 0.05) is 37.1 Å². The van der Waals surface area contributed by atoms with Gasteiger partial charge in [0.2, 0.25) is 11.8 Å². The molecule has 0 radical (unpaired) electrons. The number of allylic oxidation sites excluding steroid dienone is 1. The van der Waals surface area contributed by atoms with Gasteiger partial charge in [-0.2, -0.15) is 0 Å². The lowest BCUT2D eigenvalue weighted by atomic mass is 9.87. The standard InChI is InChI=1S/C41H72N7O18P3S/c1-4-5-6-15-18-29(49)19-16-13-11-9-7-8-10-12-14-17-20-32(51)70-24-23-43-31(50)21-22-44-39(54)36(53)41(2,3)26-63-69(60,61)66-68(58,59)62-25-30-35(65-67(55,56)57)34(52)40(64-30)48-28-47-33-37(42)45-27-46-38(33)48/h13,16,27-30,34-36,40,49,52-53H,4-12,14-15,17-26H2,1-3H3,(H,43,50)(H,44,54)(H,58,59)(H,60,61)(H2,42,45,46)(H2,55,56,57)/p-4/b16-13-/t29-,30-,34-,35-,36+,40-/m1/s1. The summed E-state index contributed by atoms with van der Waals surface area (Å²) in [5.41, 5.74) is 4.08. The second-order valence-corrected chi connectivity index (χ2v) is 22.6. The summed E-state index contributed by atoms with van der Waals surface area (Å²) in [6.45, 7) is 2.31. The number of imidazole rings is 1. The lowest BCUT2D eigenvalue weighted by Gasteiger charge is -2.36. The molecule has 0 bridgehead atoms. The van der Waals surface area contributed by atoms with Gasteiger partial charge in [-0.15, -0.1) is 0 Å². The lowest BCUT2D eigenvalue weighted by molar-refractivity contribution is -0.347. The van der Waals surface area contributed by atoms with Crippen LogP contribution in [0, 0.1) is 5.41 Å². The van der Waals surface area contributed by atoms with Crippen LogP contribution in [0.5, 0.6) is 0 Å². The molecule has 29 heteroatoms. The molecule has 8 atom stereocenters. The van der Waals surface area contributed by atoms with E-state index < -0.39 is 84.6 Å². The summed E-state index contributed by atoms with van der Waals surface area (Å²) in [4.78, 5) is 96.9. The maximum absolute atomic E-state index is 12.7. The molecule has 2 amide bonds. The van der Waals surface area contributed by atoms with E-state index in [2.05, 4.69) is 62.5 Å². The third kappa shape index (κ3) is 23.0. The van der Waals surface area contributed by atoms with Crippen molar-refractivity contribution in [2.24, 2.45) is 5.41 Å². The van der Waals surface area contributed by atoms with Crippen LogP contribution in [0.15, 0.2) is 24.8 Å². The molecule has 3 rings (SSSR count). The second-order valence-electron chi connectivity index (χ2n) is 17.4. The van der Waals surface area contributed by atoms with E-state index in [1.54, 1.807) is 0 Å². The van der Waals surface area contributed by atoms with E-state index in [4.69, 9.17) is 10.5 Å². The van der Waals surface area contributed by atoms with E-state index in [-0.39, 0.29) is 47.7 Å². The number of thioether (sulfide) groups is 1. The smallest absolute Gasteiger partial charge is 0.274 e. The monoisotopic (exact) mass is 1070 g/mol. The van der Waals surface area contributed by atoms with Crippen LogP contribution in [0.25, 0.3) is 11.2 Å². The number of amides is 2. The predicted octanol–water partition coefficient (Wildman–Crippen LogP) is 1.93. The Kier molecular flexibility index (Phi) is 26.8. The minimum Gasteiger partial charge on any atom is -0.790 e. The summed E-state index contributed by atoms with van der Waals surface area (Å²) in [6.07, 6.45) is 11.5. The number of rotatable bonds is 36. The molecule has 1 aliphatic heterocycles. The van der Waals surface area contributed by atoms with Gasteiger partial charge < -0.3 is 74.1 Å². The van der Waals surface area contributed by atoms with Crippen LogP contribution in [-0.4, -0.2) is 114 Å². The molecule has 3 heterocycles. The van der Waals surface area contributed by atoms with Gasteiger partial charge in [0.05, 0.1) is 33.5 Å². The molecular formula is C41H68N7O18P3S-4. The van der Waals surface area contributed by atoms with Gasteiger partial charge in [-0.05, 0) is 32.1 Å². The number of fused-ring (bicyclic) bond motifs is 1. The molecule has 7 N–H and O–H groups in total. The number of hydrogen-bond donors (Lipinski definition) is 6. The molecule has 2 aromatic heterocycles. The number of phosphoric ester groups is 3. The molecule has 0 saturated carbocycles. The Bertz CT molecular complexity index is 2120. The number of carbonyl (C=O) groups excluding carboxylic acids is 3. The van der Waals surface area contributed by atoms with E-state index in [0.29, 0.717) is 12.2 Å². The summed E-state index contributed by atoms with van der Waals surface area (Å²) < 4.78 is 60.8. The number of nitrogens with two attached hydrogens (primary N) is 1. The highest BCUT2D eigenvalue weighted by molar-refractivity contribution is 8.13. The van der Waals surface area contributed by atoms with E-state index >= 15 is 0 Å². The normalized spacial score (nSPS) is 20.3. The first-order valence-electron chi connectivity index (χ1n) is 23.3. The molecule has 70 heavy (non-hydrogen) atoms. The first-order valence-corrected chi connectivity index (χ1v) is 28.6. The second kappa shape index (κ2) is 30.5. The first-order chi connectivity index (χ1) is 32.9. The van der Waals surface area contributed by atoms with Crippen molar-refractivity contribution >= 4 is 69.1 Å².